The largest absolute Gasteiger partial charge is 0.459 e. The molecule has 0 spiro atoms. The number of anilines is 1. The van der Waals surface area contributed by atoms with Crippen LogP contribution >= 0.6 is 11.6 Å². The zero-order chi connectivity index (χ0) is 18.2. The van der Waals surface area contributed by atoms with Crippen molar-refractivity contribution in [3.05, 3.63) is 46.6 Å². The SMILES string of the molecule is CCOC(=O)C(=O)Nc1c2c(cn1-c1ccc(Cl)cc1)CS(=O)(=O)C2. The van der Waals surface area contributed by atoms with E-state index < -0.39 is 21.7 Å². The smallest absolute Gasteiger partial charge is 0.397 e. The van der Waals surface area contributed by atoms with Crippen LogP contribution in [0.4, 0.5) is 5.82 Å². The molecule has 0 fully saturated rings. The number of benzene rings is 1. The van der Waals surface area contributed by atoms with Gasteiger partial charge in [-0.2, -0.15) is 0 Å². The van der Waals surface area contributed by atoms with Gasteiger partial charge < -0.3 is 14.6 Å². The third kappa shape index (κ3) is 3.54. The predicted octanol–water partition coefficient (Wildman–Crippen LogP) is 2.06. The molecule has 0 aliphatic carbocycles. The van der Waals surface area contributed by atoms with Crippen molar-refractivity contribution in [3.8, 4) is 5.69 Å². The first kappa shape index (κ1) is 17.5. The van der Waals surface area contributed by atoms with Crippen molar-refractivity contribution < 1.29 is 22.7 Å². The van der Waals surface area contributed by atoms with E-state index in [-0.39, 0.29) is 23.9 Å². The summed E-state index contributed by atoms with van der Waals surface area (Å²) in [4.78, 5) is 23.6. The molecule has 132 valence electrons. The number of carbonyl (C=O) groups is 2. The number of halogens is 1. The van der Waals surface area contributed by atoms with Crippen LogP contribution in [0.3, 0.4) is 0 Å². The van der Waals surface area contributed by atoms with Crippen molar-refractivity contribution in [2.24, 2.45) is 0 Å². The van der Waals surface area contributed by atoms with Gasteiger partial charge in [-0.05, 0) is 36.8 Å². The van der Waals surface area contributed by atoms with Crippen LogP contribution < -0.4 is 5.32 Å². The quantitative estimate of drug-likeness (QED) is 0.647. The highest BCUT2D eigenvalue weighted by molar-refractivity contribution is 7.90. The third-order valence-corrected chi connectivity index (χ3v) is 5.47. The van der Waals surface area contributed by atoms with Gasteiger partial charge in [0.25, 0.3) is 0 Å². The van der Waals surface area contributed by atoms with E-state index in [4.69, 9.17) is 11.6 Å². The van der Waals surface area contributed by atoms with E-state index >= 15 is 0 Å². The van der Waals surface area contributed by atoms with E-state index in [0.29, 0.717) is 21.8 Å². The Hall–Kier alpha value is -2.32. The van der Waals surface area contributed by atoms with Crippen molar-refractivity contribution >= 4 is 39.1 Å². The molecule has 0 atom stereocenters. The van der Waals surface area contributed by atoms with Gasteiger partial charge in [-0.3, -0.25) is 4.79 Å². The lowest BCUT2D eigenvalue weighted by atomic mass is 10.2. The number of rotatable bonds is 3. The summed E-state index contributed by atoms with van der Waals surface area (Å²) in [6.45, 7) is 1.66. The normalized spacial score (nSPS) is 14.8. The molecular formula is C16H15ClN2O5S. The molecule has 9 heteroatoms. The Kier molecular flexibility index (Phi) is 4.57. The summed E-state index contributed by atoms with van der Waals surface area (Å²) in [5.41, 5.74) is 1.75. The zero-order valence-corrected chi connectivity index (χ0v) is 14.9. The van der Waals surface area contributed by atoms with Gasteiger partial charge in [-0.25, -0.2) is 13.2 Å². The molecule has 0 unspecified atom stereocenters. The number of amides is 1. The number of nitrogens with one attached hydrogen (secondary N) is 1. The maximum Gasteiger partial charge on any atom is 0.397 e. The molecular weight excluding hydrogens is 368 g/mol. The fourth-order valence-electron chi connectivity index (χ4n) is 2.69. The summed E-state index contributed by atoms with van der Waals surface area (Å²) < 4.78 is 30.1. The molecule has 1 aliphatic rings. The molecule has 0 bridgehead atoms. The lowest BCUT2D eigenvalue weighted by molar-refractivity contribution is -0.152. The number of hydrogen-bond acceptors (Lipinski definition) is 5. The standard InChI is InChI=1S/C16H15ClN2O5S/c1-2-24-16(21)15(20)18-14-13-9-25(22,23)8-10(13)7-19(14)12-5-3-11(17)4-6-12/h3-7H,2,8-9H2,1H3,(H,18,20). The Labute approximate surface area is 149 Å². The second kappa shape index (κ2) is 6.53. The van der Waals surface area contributed by atoms with Crippen molar-refractivity contribution in [1.29, 1.82) is 0 Å². The summed E-state index contributed by atoms with van der Waals surface area (Å²) in [5.74, 6) is -2.04. The van der Waals surface area contributed by atoms with Crippen LogP contribution in [-0.4, -0.2) is 31.5 Å². The van der Waals surface area contributed by atoms with E-state index in [0.717, 1.165) is 0 Å². The molecule has 1 aliphatic heterocycles. The molecule has 3 rings (SSSR count). The highest BCUT2D eigenvalue weighted by Gasteiger charge is 2.32. The monoisotopic (exact) mass is 382 g/mol. The first-order chi connectivity index (χ1) is 11.8. The number of esters is 1. The first-order valence-corrected chi connectivity index (χ1v) is 9.68. The second-order valence-corrected chi connectivity index (χ2v) is 8.04. The van der Waals surface area contributed by atoms with Crippen LogP contribution in [0.15, 0.2) is 30.5 Å². The Bertz CT molecular complexity index is 948. The Balaban J connectivity index is 2.03. The Morgan fingerprint density at radius 1 is 1.24 bits per heavy atom. The lowest BCUT2D eigenvalue weighted by Gasteiger charge is -2.12. The molecule has 7 nitrogen and oxygen atoms in total. The molecule has 1 aromatic carbocycles. The van der Waals surface area contributed by atoms with Crippen molar-refractivity contribution in [1.82, 2.24) is 4.57 Å². The zero-order valence-electron chi connectivity index (χ0n) is 13.3. The lowest BCUT2D eigenvalue weighted by Crippen LogP contribution is -2.26. The molecule has 1 amide bonds. The van der Waals surface area contributed by atoms with E-state index in [9.17, 15) is 18.0 Å². The fraction of sp³-hybridized carbons (Fsp3) is 0.250. The van der Waals surface area contributed by atoms with Gasteiger partial charge in [0, 0.05) is 22.5 Å². The van der Waals surface area contributed by atoms with E-state index in [1.165, 1.54) is 0 Å². The minimum atomic E-state index is -3.26. The van der Waals surface area contributed by atoms with Crippen molar-refractivity contribution in [3.63, 3.8) is 0 Å². The van der Waals surface area contributed by atoms with E-state index in [1.54, 1.807) is 42.0 Å². The number of aromatic nitrogens is 1. The molecule has 25 heavy (non-hydrogen) atoms. The minimum Gasteiger partial charge on any atom is -0.459 e. The first-order valence-electron chi connectivity index (χ1n) is 7.48. The summed E-state index contributed by atoms with van der Waals surface area (Å²) in [6, 6.07) is 6.81. The van der Waals surface area contributed by atoms with Crippen molar-refractivity contribution in [2.75, 3.05) is 11.9 Å². The molecule has 0 saturated heterocycles. The van der Waals surface area contributed by atoms with Gasteiger partial charge in [0.15, 0.2) is 9.84 Å². The maximum atomic E-state index is 12.0. The number of sulfone groups is 1. The predicted molar refractivity (Wildman–Crippen MR) is 92.4 cm³/mol. The number of carbonyl (C=O) groups excluding carboxylic acids is 2. The topological polar surface area (TPSA) is 94.5 Å². The summed E-state index contributed by atoms with van der Waals surface area (Å²) in [5, 5.41) is 3.02. The van der Waals surface area contributed by atoms with Crippen LogP contribution in [0.1, 0.15) is 18.1 Å². The molecule has 0 radical (unpaired) electrons. The Morgan fingerprint density at radius 3 is 2.56 bits per heavy atom. The fourth-order valence-corrected chi connectivity index (χ4v) is 4.40. The number of nitrogens with zero attached hydrogens (tertiary/aromatic N) is 1. The van der Waals surface area contributed by atoms with E-state index in [1.807, 2.05) is 0 Å². The third-order valence-electron chi connectivity index (χ3n) is 3.74. The van der Waals surface area contributed by atoms with Crippen LogP contribution in [0.2, 0.25) is 5.02 Å². The van der Waals surface area contributed by atoms with Gasteiger partial charge in [0.05, 0.1) is 18.1 Å². The average molecular weight is 383 g/mol. The van der Waals surface area contributed by atoms with Gasteiger partial charge in [0.2, 0.25) is 0 Å². The second-order valence-electron chi connectivity index (χ2n) is 5.53. The van der Waals surface area contributed by atoms with E-state index in [2.05, 4.69) is 10.1 Å². The molecule has 2 aromatic rings. The highest BCUT2D eigenvalue weighted by atomic mass is 35.5. The number of ether oxygens (including phenoxy) is 1. The highest BCUT2D eigenvalue weighted by Crippen LogP contribution is 2.35. The van der Waals surface area contributed by atoms with Gasteiger partial charge >= 0.3 is 11.9 Å². The van der Waals surface area contributed by atoms with Gasteiger partial charge in [0.1, 0.15) is 5.82 Å². The number of hydrogen-bond donors (Lipinski definition) is 1. The van der Waals surface area contributed by atoms with Gasteiger partial charge in [-0.15, -0.1) is 0 Å². The van der Waals surface area contributed by atoms with Crippen LogP contribution in [-0.2, 0) is 35.7 Å². The minimum absolute atomic E-state index is 0.0664. The summed E-state index contributed by atoms with van der Waals surface area (Å²) in [7, 11) is -3.26. The molecule has 1 aromatic heterocycles. The van der Waals surface area contributed by atoms with Crippen molar-refractivity contribution in [2.45, 2.75) is 18.4 Å². The number of fused-ring (bicyclic) bond motifs is 1. The summed E-state index contributed by atoms with van der Waals surface area (Å²) in [6.07, 6.45) is 1.64. The Morgan fingerprint density at radius 2 is 1.92 bits per heavy atom. The molecule has 1 N–H and O–H groups in total. The average Bonchev–Trinajstić information content (AvgIpc) is 3.01. The van der Waals surface area contributed by atoms with Gasteiger partial charge in [-0.1, -0.05) is 11.6 Å². The molecule has 2 heterocycles. The molecule has 0 saturated carbocycles. The van der Waals surface area contributed by atoms with Crippen LogP contribution in [0.25, 0.3) is 5.69 Å². The summed E-state index contributed by atoms with van der Waals surface area (Å²) >= 11 is 5.89. The maximum absolute atomic E-state index is 12.0. The van der Waals surface area contributed by atoms with Crippen LogP contribution in [0, 0.1) is 0 Å². The van der Waals surface area contributed by atoms with Crippen LogP contribution in [0.5, 0.6) is 0 Å².